The van der Waals surface area contributed by atoms with Crippen molar-refractivity contribution in [1.82, 2.24) is 9.88 Å². The standard InChI is InChI=1S/C22H24N2O4/c1-2-15-7-8-19-16(11-15)12-17(21(25)23-19)13-24(14-18-5-3-9-27-18)22(26)20-6-4-10-28-20/h4,6-8,10-12,18H,2-3,5,9,13-14H2,1H3,(H,23,25). The van der Waals surface area contributed by atoms with Crippen molar-refractivity contribution >= 4 is 16.8 Å². The first-order valence-electron chi connectivity index (χ1n) is 9.73. The van der Waals surface area contributed by atoms with Gasteiger partial charge in [0, 0.05) is 24.2 Å². The Kier molecular flexibility index (Phi) is 5.30. The van der Waals surface area contributed by atoms with Gasteiger partial charge in [0.25, 0.3) is 11.5 Å². The highest BCUT2D eigenvalue weighted by Gasteiger charge is 2.25. The van der Waals surface area contributed by atoms with Crippen LogP contribution in [-0.2, 0) is 17.7 Å². The third kappa shape index (κ3) is 3.87. The quantitative estimate of drug-likeness (QED) is 0.710. The molecule has 0 aliphatic carbocycles. The van der Waals surface area contributed by atoms with E-state index in [1.807, 2.05) is 18.2 Å². The Hall–Kier alpha value is -2.86. The number of benzene rings is 1. The molecule has 0 bridgehead atoms. The number of aromatic amines is 1. The van der Waals surface area contributed by atoms with E-state index in [1.54, 1.807) is 17.0 Å². The zero-order valence-corrected chi connectivity index (χ0v) is 15.9. The van der Waals surface area contributed by atoms with Gasteiger partial charge in [-0.2, -0.15) is 0 Å². The van der Waals surface area contributed by atoms with E-state index in [-0.39, 0.29) is 29.9 Å². The minimum atomic E-state index is -0.234. The monoisotopic (exact) mass is 380 g/mol. The number of hydrogen-bond acceptors (Lipinski definition) is 4. The number of nitrogens with zero attached hydrogens (tertiary/aromatic N) is 1. The van der Waals surface area contributed by atoms with Crippen LogP contribution in [0.5, 0.6) is 0 Å². The number of H-pyrrole nitrogens is 1. The minimum absolute atomic E-state index is 0.00913. The topological polar surface area (TPSA) is 75.5 Å². The highest BCUT2D eigenvalue weighted by Crippen LogP contribution is 2.19. The van der Waals surface area contributed by atoms with Gasteiger partial charge in [0.05, 0.1) is 18.9 Å². The van der Waals surface area contributed by atoms with Crippen molar-refractivity contribution in [2.45, 2.75) is 38.8 Å². The van der Waals surface area contributed by atoms with Gasteiger partial charge in [0.2, 0.25) is 0 Å². The van der Waals surface area contributed by atoms with Gasteiger partial charge in [-0.3, -0.25) is 9.59 Å². The predicted octanol–water partition coefficient (Wildman–Crippen LogP) is 3.50. The maximum Gasteiger partial charge on any atom is 0.289 e. The van der Waals surface area contributed by atoms with Gasteiger partial charge < -0.3 is 19.0 Å². The lowest BCUT2D eigenvalue weighted by atomic mass is 10.1. The summed E-state index contributed by atoms with van der Waals surface area (Å²) in [5, 5.41) is 0.969. The molecule has 6 heteroatoms. The molecule has 0 spiro atoms. The minimum Gasteiger partial charge on any atom is -0.459 e. The number of nitrogens with one attached hydrogen (secondary N) is 1. The molecule has 3 aromatic rings. The second-order valence-electron chi connectivity index (χ2n) is 7.20. The first-order chi connectivity index (χ1) is 13.6. The number of furan rings is 1. The van der Waals surface area contributed by atoms with Gasteiger partial charge in [0.15, 0.2) is 5.76 Å². The third-order valence-corrected chi connectivity index (χ3v) is 5.22. The summed E-state index contributed by atoms with van der Waals surface area (Å²) in [6, 6.07) is 11.2. The number of carbonyl (C=O) groups excluding carboxylic acids is 1. The highest BCUT2D eigenvalue weighted by molar-refractivity contribution is 5.91. The van der Waals surface area contributed by atoms with Crippen LogP contribution in [0.2, 0.25) is 0 Å². The van der Waals surface area contributed by atoms with Crippen molar-refractivity contribution in [1.29, 1.82) is 0 Å². The van der Waals surface area contributed by atoms with Crippen LogP contribution in [0.4, 0.5) is 0 Å². The lowest BCUT2D eigenvalue weighted by Crippen LogP contribution is -2.38. The molecule has 1 aliphatic rings. The summed E-state index contributed by atoms with van der Waals surface area (Å²) in [6.45, 7) is 3.45. The number of rotatable bonds is 6. The Bertz CT molecular complexity index is 1020. The number of aryl methyl sites for hydroxylation is 1. The van der Waals surface area contributed by atoms with Crippen LogP contribution in [-0.4, -0.2) is 35.0 Å². The van der Waals surface area contributed by atoms with Crippen molar-refractivity contribution < 1.29 is 13.9 Å². The first-order valence-corrected chi connectivity index (χ1v) is 9.73. The van der Waals surface area contributed by atoms with Crippen LogP contribution in [0, 0.1) is 0 Å². The molecule has 6 nitrogen and oxygen atoms in total. The summed E-state index contributed by atoms with van der Waals surface area (Å²) in [4.78, 5) is 30.1. The summed E-state index contributed by atoms with van der Waals surface area (Å²) >= 11 is 0. The average molecular weight is 380 g/mol. The van der Waals surface area contributed by atoms with Crippen molar-refractivity contribution in [3.05, 3.63) is 69.9 Å². The van der Waals surface area contributed by atoms with Gasteiger partial charge in [-0.1, -0.05) is 13.0 Å². The fourth-order valence-corrected chi connectivity index (χ4v) is 3.65. The SMILES string of the molecule is CCc1ccc2[nH]c(=O)c(CN(CC3CCCO3)C(=O)c3ccco3)cc2c1. The molecule has 0 saturated carbocycles. The molecule has 2 aromatic heterocycles. The molecule has 1 aliphatic heterocycles. The normalized spacial score (nSPS) is 16.5. The molecule has 1 atom stereocenters. The molecule has 0 radical (unpaired) electrons. The molecule has 4 rings (SSSR count). The second-order valence-corrected chi connectivity index (χ2v) is 7.20. The number of carbonyl (C=O) groups is 1. The van der Waals surface area contributed by atoms with E-state index >= 15 is 0 Å². The van der Waals surface area contributed by atoms with Crippen molar-refractivity contribution in [3.63, 3.8) is 0 Å². The lowest BCUT2D eigenvalue weighted by molar-refractivity contribution is 0.0483. The number of ether oxygens (including phenoxy) is 1. The third-order valence-electron chi connectivity index (χ3n) is 5.22. The lowest BCUT2D eigenvalue weighted by Gasteiger charge is -2.24. The molecule has 3 heterocycles. The number of aromatic nitrogens is 1. The fourth-order valence-electron chi connectivity index (χ4n) is 3.65. The summed E-state index contributed by atoms with van der Waals surface area (Å²) in [7, 11) is 0. The number of fused-ring (bicyclic) bond motifs is 1. The second kappa shape index (κ2) is 8.02. The largest absolute Gasteiger partial charge is 0.459 e. The van der Waals surface area contributed by atoms with Crippen LogP contribution < -0.4 is 5.56 Å². The molecule has 28 heavy (non-hydrogen) atoms. The van der Waals surface area contributed by atoms with E-state index in [0.29, 0.717) is 18.7 Å². The zero-order chi connectivity index (χ0) is 19.5. The van der Waals surface area contributed by atoms with E-state index in [4.69, 9.17) is 9.15 Å². The van der Waals surface area contributed by atoms with Crippen LogP contribution in [0.3, 0.4) is 0 Å². The summed E-state index contributed by atoms with van der Waals surface area (Å²) in [5.74, 6) is 0.0331. The predicted molar refractivity (Wildman–Crippen MR) is 106 cm³/mol. The van der Waals surface area contributed by atoms with Gasteiger partial charge in [-0.25, -0.2) is 0 Å². The molecule has 1 aromatic carbocycles. The smallest absolute Gasteiger partial charge is 0.289 e. The van der Waals surface area contributed by atoms with Crippen molar-refractivity contribution in [2.75, 3.05) is 13.2 Å². The summed E-state index contributed by atoms with van der Waals surface area (Å²) < 4.78 is 11.0. The average Bonchev–Trinajstić information content (AvgIpc) is 3.41. The summed E-state index contributed by atoms with van der Waals surface area (Å²) in [6.07, 6.45) is 4.30. The number of pyridine rings is 1. The zero-order valence-electron chi connectivity index (χ0n) is 15.9. The van der Waals surface area contributed by atoms with Crippen molar-refractivity contribution in [2.24, 2.45) is 0 Å². The van der Waals surface area contributed by atoms with Crippen LogP contribution in [0.25, 0.3) is 10.9 Å². The molecular weight excluding hydrogens is 356 g/mol. The van der Waals surface area contributed by atoms with Gasteiger partial charge in [-0.15, -0.1) is 0 Å². The van der Waals surface area contributed by atoms with Crippen LogP contribution >= 0.6 is 0 Å². The van der Waals surface area contributed by atoms with Gasteiger partial charge >= 0.3 is 0 Å². The Morgan fingerprint density at radius 2 is 2.18 bits per heavy atom. The number of hydrogen-bond donors (Lipinski definition) is 1. The molecule has 1 unspecified atom stereocenters. The Morgan fingerprint density at radius 3 is 2.89 bits per heavy atom. The maximum atomic E-state index is 12.9. The fraction of sp³-hybridized carbons (Fsp3) is 0.364. The van der Waals surface area contributed by atoms with E-state index in [1.165, 1.54) is 11.8 Å². The molecule has 1 saturated heterocycles. The van der Waals surface area contributed by atoms with Crippen LogP contribution in [0.1, 0.15) is 41.4 Å². The molecule has 146 valence electrons. The van der Waals surface area contributed by atoms with Gasteiger partial charge in [0.1, 0.15) is 0 Å². The number of amides is 1. The Balaban J connectivity index is 1.65. The maximum absolute atomic E-state index is 12.9. The van der Waals surface area contributed by atoms with E-state index in [9.17, 15) is 9.59 Å². The Morgan fingerprint density at radius 1 is 1.29 bits per heavy atom. The summed E-state index contributed by atoms with van der Waals surface area (Å²) in [5.41, 5.74) is 2.38. The molecule has 1 fully saturated rings. The Labute approximate surface area is 163 Å². The highest BCUT2D eigenvalue weighted by atomic mass is 16.5. The van der Waals surface area contributed by atoms with Crippen molar-refractivity contribution in [3.8, 4) is 0 Å². The van der Waals surface area contributed by atoms with E-state index < -0.39 is 0 Å². The van der Waals surface area contributed by atoms with E-state index in [2.05, 4.69) is 18.0 Å². The van der Waals surface area contributed by atoms with E-state index in [0.717, 1.165) is 30.2 Å². The van der Waals surface area contributed by atoms with Crippen LogP contribution in [0.15, 0.2) is 51.9 Å². The molecule has 1 N–H and O–H groups in total. The first kappa shape index (κ1) is 18.5. The van der Waals surface area contributed by atoms with Gasteiger partial charge in [-0.05, 0) is 60.5 Å². The molecular formula is C22H24N2O4. The molecule has 1 amide bonds.